The number of halogens is 1. The number of benzene rings is 1. The van der Waals surface area contributed by atoms with Crippen molar-refractivity contribution >= 4 is 17.0 Å². The van der Waals surface area contributed by atoms with Gasteiger partial charge in [-0.05, 0) is 22.6 Å². The Hall–Kier alpha value is -0.893. The molecule has 0 aliphatic rings. The Balaban J connectivity index is 0.000000810. The Morgan fingerprint density at radius 2 is 1.70 bits per heavy atom. The van der Waals surface area contributed by atoms with E-state index in [0.29, 0.717) is 6.33 Å². The minimum atomic E-state index is 0. The van der Waals surface area contributed by atoms with Crippen LogP contribution in [0.5, 0.6) is 0 Å². The highest BCUT2D eigenvalue weighted by atomic mass is 28.1. The second-order valence-electron chi connectivity index (χ2n) is 1.70. The van der Waals surface area contributed by atoms with Crippen LogP contribution in [0, 0.1) is 0 Å². The van der Waals surface area contributed by atoms with Crippen molar-refractivity contribution < 1.29 is 4.39 Å². The average Bonchev–Trinajstić information content (AvgIpc) is 1.91. The fourth-order valence-corrected chi connectivity index (χ4v) is 0.637. The first-order chi connectivity index (χ1) is 4.43. The lowest BCUT2D eigenvalue weighted by molar-refractivity contribution is 0.727. The normalized spacial score (nSPS) is 9.30. The molecule has 2 heteroatoms. The Labute approximate surface area is 64.4 Å². The number of rotatable bonds is 1. The summed E-state index contributed by atoms with van der Waals surface area (Å²) in [4.78, 5) is 0. The van der Waals surface area contributed by atoms with Gasteiger partial charge in [0, 0.05) is 0 Å². The van der Waals surface area contributed by atoms with Crippen molar-refractivity contribution in [2.45, 2.75) is 0 Å². The van der Waals surface area contributed by atoms with Gasteiger partial charge in [-0.2, -0.15) is 0 Å². The minimum absolute atomic E-state index is 0. The molecule has 0 aliphatic heterocycles. The molecule has 0 saturated heterocycles. The molecule has 1 rings (SSSR count). The van der Waals surface area contributed by atoms with Crippen LogP contribution in [0.3, 0.4) is 0 Å². The quantitative estimate of drug-likeness (QED) is 0.533. The molecule has 0 unspecified atom stereocenters. The Morgan fingerprint density at radius 3 is 2.20 bits per heavy atom. The van der Waals surface area contributed by atoms with Crippen LogP contribution in [0.4, 0.5) is 4.39 Å². The van der Waals surface area contributed by atoms with Crippen LogP contribution in [0.25, 0.3) is 6.08 Å². The van der Waals surface area contributed by atoms with Crippen molar-refractivity contribution in [1.82, 2.24) is 0 Å². The third-order valence-electron chi connectivity index (χ3n) is 1.06. The van der Waals surface area contributed by atoms with E-state index in [1.807, 2.05) is 30.3 Å². The van der Waals surface area contributed by atoms with E-state index in [0.717, 1.165) is 5.56 Å². The molecule has 0 radical (unpaired) electrons. The standard InChI is InChI=1S/C8H7F.H4Si/c9-7-6-8-4-2-1-3-5-8;/h1-7H;1H4. The lowest BCUT2D eigenvalue weighted by Gasteiger charge is -1.85. The summed E-state index contributed by atoms with van der Waals surface area (Å²) in [6.07, 6.45) is 1.95. The van der Waals surface area contributed by atoms with Gasteiger partial charge in [-0.1, -0.05) is 30.3 Å². The summed E-state index contributed by atoms with van der Waals surface area (Å²) in [6.45, 7) is 0. The van der Waals surface area contributed by atoms with Crippen molar-refractivity contribution in [1.29, 1.82) is 0 Å². The van der Waals surface area contributed by atoms with E-state index in [4.69, 9.17) is 0 Å². The number of hydrogen-bond donors (Lipinski definition) is 0. The topological polar surface area (TPSA) is 0 Å². The fourth-order valence-electron chi connectivity index (χ4n) is 0.637. The predicted octanol–water partition coefficient (Wildman–Crippen LogP) is 1.18. The first-order valence-corrected chi connectivity index (χ1v) is 2.75. The molecule has 0 bridgehead atoms. The maximum atomic E-state index is 11.5. The van der Waals surface area contributed by atoms with E-state index in [2.05, 4.69) is 0 Å². The van der Waals surface area contributed by atoms with Crippen molar-refractivity contribution in [3.63, 3.8) is 0 Å². The largest absolute Gasteiger partial charge is 0.216 e. The van der Waals surface area contributed by atoms with Crippen LogP contribution < -0.4 is 0 Å². The highest BCUT2D eigenvalue weighted by Crippen LogP contribution is 1.99. The predicted molar refractivity (Wildman–Crippen MR) is 47.9 cm³/mol. The highest BCUT2D eigenvalue weighted by molar-refractivity contribution is 5.75. The molecular weight excluding hydrogens is 143 g/mol. The van der Waals surface area contributed by atoms with Gasteiger partial charge in [0.15, 0.2) is 0 Å². The zero-order valence-electron chi connectivity index (χ0n) is 4.92. The van der Waals surface area contributed by atoms with Crippen LogP contribution in [0.2, 0.25) is 0 Å². The van der Waals surface area contributed by atoms with Crippen molar-refractivity contribution in [2.24, 2.45) is 0 Å². The van der Waals surface area contributed by atoms with Gasteiger partial charge in [-0.3, -0.25) is 0 Å². The molecular formula is C8H11FSi. The minimum Gasteiger partial charge on any atom is -0.216 e. The first-order valence-electron chi connectivity index (χ1n) is 2.75. The molecule has 0 aromatic heterocycles. The van der Waals surface area contributed by atoms with Crippen molar-refractivity contribution in [3.05, 3.63) is 42.2 Å². The second-order valence-corrected chi connectivity index (χ2v) is 1.70. The van der Waals surface area contributed by atoms with Crippen molar-refractivity contribution in [3.8, 4) is 0 Å². The molecule has 0 nitrogen and oxygen atoms in total. The zero-order valence-corrected chi connectivity index (χ0v) is 4.92. The maximum absolute atomic E-state index is 11.5. The second kappa shape index (κ2) is 4.94. The van der Waals surface area contributed by atoms with E-state index in [1.165, 1.54) is 6.08 Å². The monoisotopic (exact) mass is 154 g/mol. The van der Waals surface area contributed by atoms with E-state index < -0.39 is 0 Å². The van der Waals surface area contributed by atoms with E-state index in [1.54, 1.807) is 0 Å². The summed E-state index contributed by atoms with van der Waals surface area (Å²) < 4.78 is 11.5. The van der Waals surface area contributed by atoms with Gasteiger partial charge in [-0.25, -0.2) is 4.39 Å². The third-order valence-corrected chi connectivity index (χ3v) is 1.06. The molecule has 10 heavy (non-hydrogen) atoms. The highest BCUT2D eigenvalue weighted by Gasteiger charge is 1.78. The number of hydrogen-bond acceptors (Lipinski definition) is 0. The Bertz CT molecular complexity index is 194. The Morgan fingerprint density at radius 1 is 1.10 bits per heavy atom. The lowest BCUT2D eigenvalue weighted by atomic mass is 10.2. The molecule has 1 aromatic rings. The van der Waals surface area contributed by atoms with Crippen LogP contribution >= 0.6 is 0 Å². The summed E-state index contributed by atoms with van der Waals surface area (Å²) >= 11 is 0. The lowest BCUT2D eigenvalue weighted by Crippen LogP contribution is -1.65. The van der Waals surface area contributed by atoms with E-state index >= 15 is 0 Å². The van der Waals surface area contributed by atoms with Crippen LogP contribution in [0.15, 0.2) is 36.7 Å². The van der Waals surface area contributed by atoms with Crippen molar-refractivity contribution in [2.75, 3.05) is 0 Å². The summed E-state index contributed by atoms with van der Waals surface area (Å²) in [6, 6.07) is 9.33. The van der Waals surface area contributed by atoms with Gasteiger partial charge < -0.3 is 0 Å². The molecule has 0 heterocycles. The van der Waals surface area contributed by atoms with Crippen LogP contribution in [-0.4, -0.2) is 11.0 Å². The third kappa shape index (κ3) is 2.59. The molecule has 1 aromatic carbocycles. The van der Waals surface area contributed by atoms with Gasteiger partial charge in [0.25, 0.3) is 0 Å². The van der Waals surface area contributed by atoms with Crippen LogP contribution in [-0.2, 0) is 0 Å². The average molecular weight is 154 g/mol. The SMILES string of the molecule is FC=Cc1ccccc1.[SiH4]. The molecule has 0 saturated carbocycles. The summed E-state index contributed by atoms with van der Waals surface area (Å²) in [7, 11) is 0. The maximum Gasteiger partial charge on any atom is 0.0872 e. The van der Waals surface area contributed by atoms with Gasteiger partial charge in [0.05, 0.1) is 6.33 Å². The van der Waals surface area contributed by atoms with Gasteiger partial charge in [0.1, 0.15) is 0 Å². The first kappa shape index (κ1) is 9.11. The summed E-state index contributed by atoms with van der Waals surface area (Å²) in [5, 5.41) is 0. The van der Waals surface area contributed by atoms with Gasteiger partial charge in [-0.15, -0.1) is 0 Å². The van der Waals surface area contributed by atoms with Gasteiger partial charge in [0.2, 0.25) is 0 Å². The van der Waals surface area contributed by atoms with E-state index in [9.17, 15) is 4.39 Å². The fraction of sp³-hybridized carbons (Fsp3) is 0. The van der Waals surface area contributed by atoms with Gasteiger partial charge >= 0.3 is 0 Å². The molecule has 0 aliphatic carbocycles. The van der Waals surface area contributed by atoms with Crippen LogP contribution in [0.1, 0.15) is 5.56 Å². The molecule has 0 spiro atoms. The molecule has 0 amide bonds. The molecule has 54 valence electrons. The van der Waals surface area contributed by atoms with E-state index in [-0.39, 0.29) is 11.0 Å². The summed E-state index contributed by atoms with van der Waals surface area (Å²) in [5.74, 6) is 0. The molecule has 0 fully saturated rings. The Kier molecular flexibility index (Phi) is 4.50. The molecule has 0 N–H and O–H groups in total. The zero-order chi connectivity index (χ0) is 6.53. The summed E-state index contributed by atoms with van der Waals surface area (Å²) in [5.41, 5.74) is 0.889. The smallest absolute Gasteiger partial charge is 0.0872 e. The molecule has 0 atom stereocenters.